The van der Waals surface area contributed by atoms with E-state index >= 15 is 0 Å². The van der Waals surface area contributed by atoms with Gasteiger partial charge in [-0.25, -0.2) is 4.39 Å². The number of aromatic nitrogens is 1. The van der Waals surface area contributed by atoms with Crippen LogP contribution in [0.15, 0.2) is 54.7 Å². The van der Waals surface area contributed by atoms with Crippen molar-refractivity contribution >= 4 is 22.5 Å². The SMILES string of the molecule is CCOc1ccccc1NC(=O)C(C)n1ccc2cc(F)ccc21. The number of hydrogen-bond donors (Lipinski definition) is 1. The lowest BCUT2D eigenvalue weighted by Gasteiger charge is -2.17. The molecule has 0 aliphatic carbocycles. The summed E-state index contributed by atoms with van der Waals surface area (Å²) in [6.45, 7) is 4.23. The van der Waals surface area contributed by atoms with Crippen LogP contribution in [-0.2, 0) is 4.79 Å². The van der Waals surface area contributed by atoms with Crippen molar-refractivity contribution in [1.29, 1.82) is 0 Å². The highest BCUT2D eigenvalue weighted by molar-refractivity contribution is 5.96. The Morgan fingerprint density at radius 1 is 1.25 bits per heavy atom. The van der Waals surface area contributed by atoms with Crippen molar-refractivity contribution in [2.75, 3.05) is 11.9 Å². The van der Waals surface area contributed by atoms with Gasteiger partial charge in [0.15, 0.2) is 0 Å². The van der Waals surface area contributed by atoms with Crippen molar-refractivity contribution in [3.05, 3.63) is 60.5 Å². The number of fused-ring (bicyclic) bond motifs is 1. The molecule has 0 fully saturated rings. The fourth-order valence-electron chi connectivity index (χ4n) is 2.69. The molecule has 0 aliphatic heterocycles. The van der Waals surface area contributed by atoms with Gasteiger partial charge in [-0.2, -0.15) is 0 Å². The molecular weight excluding hydrogens is 307 g/mol. The monoisotopic (exact) mass is 326 g/mol. The zero-order valence-electron chi connectivity index (χ0n) is 13.6. The molecule has 0 spiro atoms. The summed E-state index contributed by atoms with van der Waals surface area (Å²) in [6, 6.07) is 13.2. The average Bonchev–Trinajstić information content (AvgIpc) is 2.99. The number of anilines is 1. The lowest BCUT2D eigenvalue weighted by molar-refractivity contribution is -0.118. The molecule has 3 aromatic rings. The van der Waals surface area contributed by atoms with E-state index in [4.69, 9.17) is 4.74 Å². The van der Waals surface area contributed by atoms with Gasteiger partial charge in [-0.1, -0.05) is 12.1 Å². The van der Waals surface area contributed by atoms with Crippen molar-refractivity contribution < 1.29 is 13.9 Å². The van der Waals surface area contributed by atoms with E-state index in [0.717, 1.165) is 10.9 Å². The number of carbonyl (C=O) groups is 1. The molecule has 0 radical (unpaired) electrons. The number of nitrogens with one attached hydrogen (secondary N) is 1. The number of hydrogen-bond acceptors (Lipinski definition) is 2. The molecule has 0 saturated heterocycles. The largest absolute Gasteiger partial charge is 0.492 e. The Balaban J connectivity index is 1.84. The van der Waals surface area contributed by atoms with Gasteiger partial charge < -0.3 is 14.6 Å². The minimum Gasteiger partial charge on any atom is -0.492 e. The van der Waals surface area contributed by atoms with E-state index in [0.29, 0.717) is 18.0 Å². The van der Waals surface area contributed by atoms with Crippen molar-refractivity contribution in [2.45, 2.75) is 19.9 Å². The average molecular weight is 326 g/mol. The van der Waals surface area contributed by atoms with Crippen molar-refractivity contribution in [1.82, 2.24) is 4.57 Å². The van der Waals surface area contributed by atoms with E-state index in [1.54, 1.807) is 31.3 Å². The first-order valence-corrected chi connectivity index (χ1v) is 7.89. The number of nitrogens with zero attached hydrogens (tertiary/aromatic N) is 1. The first-order chi connectivity index (χ1) is 11.6. The second kappa shape index (κ2) is 6.74. The van der Waals surface area contributed by atoms with Crippen LogP contribution in [0.3, 0.4) is 0 Å². The van der Waals surface area contributed by atoms with E-state index in [1.807, 2.05) is 29.7 Å². The Morgan fingerprint density at radius 2 is 2.04 bits per heavy atom. The van der Waals surface area contributed by atoms with Crippen LogP contribution >= 0.6 is 0 Å². The molecule has 4 nitrogen and oxygen atoms in total. The summed E-state index contributed by atoms with van der Waals surface area (Å²) in [7, 11) is 0. The minimum absolute atomic E-state index is 0.163. The minimum atomic E-state index is -0.442. The summed E-state index contributed by atoms with van der Waals surface area (Å²) >= 11 is 0. The van der Waals surface area contributed by atoms with Gasteiger partial charge in [0.1, 0.15) is 17.6 Å². The molecule has 0 bridgehead atoms. The molecule has 5 heteroatoms. The van der Waals surface area contributed by atoms with Gasteiger partial charge in [0.25, 0.3) is 0 Å². The topological polar surface area (TPSA) is 43.3 Å². The zero-order chi connectivity index (χ0) is 17.1. The summed E-state index contributed by atoms with van der Waals surface area (Å²) in [5.41, 5.74) is 1.45. The molecule has 2 aromatic carbocycles. The number of carbonyl (C=O) groups excluding carboxylic acids is 1. The van der Waals surface area contributed by atoms with Crippen molar-refractivity contribution in [3.8, 4) is 5.75 Å². The Hall–Kier alpha value is -2.82. The summed E-state index contributed by atoms with van der Waals surface area (Å²) in [6.07, 6.45) is 1.79. The molecule has 1 heterocycles. The van der Waals surface area contributed by atoms with Crippen LogP contribution in [0.5, 0.6) is 5.75 Å². The maximum Gasteiger partial charge on any atom is 0.247 e. The van der Waals surface area contributed by atoms with E-state index in [-0.39, 0.29) is 11.7 Å². The predicted molar refractivity (Wildman–Crippen MR) is 92.8 cm³/mol. The lowest BCUT2D eigenvalue weighted by Crippen LogP contribution is -2.23. The maximum atomic E-state index is 13.3. The van der Waals surface area contributed by atoms with Gasteiger partial charge >= 0.3 is 0 Å². The molecule has 1 N–H and O–H groups in total. The van der Waals surface area contributed by atoms with Crippen LogP contribution in [0.25, 0.3) is 10.9 Å². The van der Waals surface area contributed by atoms with Crippen molar-refractivity contribution in [2.24, 2.45) is 0 Å². The standard InChI is InChI=1S/C19H19FN2O2/c1-3-24-18-7-5-4-6-16(18)21-19(23)13(2)22-11-10-14-12-15(20)8-9-17(14)22/h4-13H,3H2,1-2H3,(H,21,23). The molecule has 0 saturated carbocycles. The van der Waals surface area contributed by atoms with E-state index < -0.39 is 6.04 Å². The number of benzene rings is 2. The molecule has 1 amide bonds. The Morgan fingerprint density at radius 3 is 2.83 bits per heavy atom. The van der Waals surface area contributed by atoms with E-state index in [9.17, 15) is 9.18 Å². The smallest absolute Gasteiger partial charge is 0.247 e. The second-order valence-electron chi connectivity index (χ2n) is 5.52. The van der Waals surface area contributed by atoms with Crippen molar-refractivity contribution in [3.63, 3.8) is 0 Å². The maximum absolute atomic E-state index is 13.3. The zero-order valence-corrected chi connectivity index (χ0v) is 13.6. The lowest BCUT2D eigenvalue weighted by atomic mass is 10.2. The van der Waals surface area contributed by atoms with Crippen LogP contribution in [0.1, 0.15) is 19.9 Å². The number of halogens is 1. The highest BCUT2D eigenvalue weighted by Gasteiger charge is 2.18. The quantitative estimate of drug-likeness (QED) is 0.756. The highest BCUT2D eigenvalue weighted by Crippen LogP contribution is 2.26. The van der Waals surface area contributed by atoms with Crippen LogP contribution in [-0.4, -0.2) is 17.1 Å². The number of ether oxygens (including phenoxy) is 1. The molecule has 1 unspecified atom stereocenters. The third-order valence-electron chi connectivity index (χ3n) is 3.92. The van der Waals surface area contributed by atoms with Crippen LogP contribution in [0.4, 0.5) is 10.1 Å². The Bertz CT molecular complexity index is 873. The summed E-state index contributed by atoms with van der Waals surface area (Å²) in [5, 5.41) is 3.67. The molecule has 1 atom stereocenters. The second-order valence-corrected chi connectivity index (χ2v) is 5.52. The fourth-order valence-corrected chi connectivity index (χ4v) is 2.69. The van der Waals surface area contributed by atoms with Gasteiger partial charge in [-0.05, 0) is 50.2 Å². The normalized spacial score (nSPS) is 12.1. The number of amides is 1. The number of para-hydroxylation sites is 2. The van der Waals surface area contributed by atoms with Crippen LogP contribution in [0.2, 0.25) is 0 Å². The number of rotatable bonds is 5. The van der Waals surface area contributed by atoms with Gasteiger partial charge in [-0.15, -0.1) is 0 Å². The predicted octanol–water partition coefficient (Wildman–Crippen LogP) is 4.38. The summed E-state index contributed by atoms with van der Waals surface area (Å²) in [5.74, 6) is 0.187. The van der Waals surface area contributed by atoms with Crippen LogP contribution in [0, 0.1) is 5.82 Å². The van der Waals surface area contributed by atoms with E-state index in [2.05, 4.69) is 5.32 Å². The molecule has 124 valence electrons. The fraction of sp³-hybridized carbons (Fsp3) is 0.211. The molecular formula is C19H19FN2O2. The van der Waals surface area contributed by atoms with Gasteiger partial charge in [0, 0.05) is 17.1 Å². The highest BCUT2D eigenvalue weighted by atomic mass is 19.1. The molecule has 24 heavy (non-hydrogen) atoms. The van der Waals surface area contributed by atoms with E-state index in [1.165, 1.54) is 12.1 Å². The first kappa shape index (κ1) is 16.1. The van der Waals surface area contributed by atoms with Gasteiger partial charge in [0.2, 0.25) is 5.91 Å². The van der Waals surface area contributed by atoms with Crippen LogP contribution < -0.4 is 10.1 Å². The van der Waals surface area contributed by atoms with Gasteiger partial charge in [0.05, 0.1) is 12.3 Å². The summed E-state index contributed by atoms with van der Waals surface area (Å²) < 4.78 is 20.7. The Labute approximate surface area is 139 Å². The Kier molecular flexibility index (Phi) is 4.51. The molecule has 1 aromatic heterocycles. The molecule has 3 rings (SSSR count). The first-order valence-electron chi connectivity index (χ1n) is 7.89. The van der Waals surface area contributed by atoms with Gasteiger partial charge in [-0.3, -0.25) is 4.79 Å². The summed E-state index contributed by atoms with van der Waals surface area (Å²) in [4.78, 5) is 12.6. The third-order valence-corrected chi connectivity index (χ3v) is 3.92. The molecule has 0 aliphatic rings. The third kappa shape index (κ3) is 3.11.